The quantitative estimate of drug-likeness (QED) is 0.705. The van der Waals surface area contributed by atoms with Crippen molar-refractivity contribution in [1.29, 1.82) is 0 Å². The van der Waals surface area contributed by atoms with Gasteiger partial charge in [-0.05, 0) is 36.3 Å². The maximum absolute atomic E-state index is 10.3. The highest BCUT2D eigenvalue weighted by molar-refractivity contribution is 5.50. The number of hydrogen-bond acceptors (Lipinski definition) is 2. The highest BCUT2D eigenvalue weighted by atomic mass is 16.5. The maximum atomic E-state index is 10.3. The second-order valence-corrected chi connectivity index (χ2v) is 4.18. The van der Waals surface area contributed by atoms with Gasteiger partial charge in [0.1, 0.15) is 12.0 Å². The third-order valence-electron chi connectivity index (χ3n) is 3.24. The Kier molecular flexibility index (Phi) is 3.05. The monoisotopic (exact) mass is 204 g/mol. The first kappa shape index (κ1) is 10.2. The summed E-state index contributed by atoms with van der Waals surface area (Å²) in [5, 5.41) is 0. The van der Waals surface area contributed by atoms with E-state index in [9.17, 15) is 4.79 Å². The molecule has 1 aliphatic carbocycles. The molecule has 1 aromatic rings. The third kappa shape index (κ3) is 2.04. The molecule has 1 aromatic carbocycles. The van der Waals surface area contributed by atoms with Gasteiger partial charge < -0.3 is 9.53 Å². The van der Waals surface area contributed by atoms with E-state index in [1.807, 2.05) is 18.2 Å². The predicted molar refractivity (Wildman–Crippen MR) is 59.1 cm³/mol. The minimum Gasteiger partial charge on any atom is -0.496 e. The van der Waals surface area contributed by atoms with E-state index in [2.05, 4.69) is 6.07 Å². The molecule has 0 spiro atoms. The van der Waals surface area contributed by atoms with Crippen molar-refractivity contribution in [3.05, 3.63) is 29.8 Å². The van der Waals surface area contributed by atoms with Crippen LogP contribution in [0.3, 0.4) is 0 Å². The molecule has 0 N–H and O–H groups in total. The van der Waals surface area contributed by atoms with Crippen LogP contribution in [0.1, 0.15) is 30.7 Å². The second-order valence-electron chi connectivity index (χ2n) is 4.18. The molecule has 0 aliphatic heterocycles. The van der Waals surface area contributed by atoms with E-state index in [4.69, 9.17) is 4.74 Å². The van der Waals surface area contributed by atoms with Crippen LogP contribution < -0.4 is 4.74 Å². The van der Waals surface area contributed by atoms with Crippen LogP contribution in [0, 0.1) is 5.92 Å². The van der Waals surface area contributed by atoms with Crippen molar-refractivity contribution in [2.75, 3.05) is 7.11 Å². The Balaban J connectivity index is 2.03. The topological polar surface area (TPSA) is 26.3 Å². The number of methoxy groups -OCH3 is 1. The molecule has 1 saturated carbocycles. The van der Waals surface area contributed by atoms with Crippen molar-refractivity contribution in [1.82, 2.24) is 0 Å². The summed E-state index contributed by atoms with van der Waals surface area (Å²) in [5.74, 6) is 2.16. The van der Waals surface area contributed by atoms with Crippen LogP contribution in [-0.2, 0) is 4.79 Å². The molecule has 0 saturated heterocycles. The largest absolute Gasteiger partial charge is 0.496 e. The number of rotatable bonds is 4. The zero-order valence-corrected chi connectivity index (χ0v) is 8.98. The lowest BCUT2D eigenvalue weighted by atomic mass is 9.70. The average molecular weight is 204 g/mol. The van der Waals surface area contributed by atoms with E-state index in [1.54, 1.807) is 7.11 Å². The number of aldehydes is 1. The molecular weight excluding hydrogens is 188 g/mol. The van der Waals surface area contributed by atoms with Gasteiger partial charge in [0.25, 0.3) is 0 Å². The highest BCUT2D eigenvalue weighted by Gasteiger charge is 2.31. The summed E-state index contributed by atoms with van der Waals surface area (Å²) in [6.45, 7) is 0. The van der Waals surface area contributed by atoms with E-state index in [-0.39, 0.29) is 0 Å². The van der Waals surface area contributed by atoms with Gasteiger partial charge in [-0.1, -0.05) is 18.2 Å². The number of benzene rings is 1. The number of ether oxygens (including phenoxy) is 1. The Morgan fingerprint density at radius 2 is 2.13 bits per heavy atom. The van der Waals surface area contributed by atoms with Gasteiger partial charge in [0.15, 0.2) is 0 Å². The van der Waals surface area contributed by atoms with Crippen molar-refractivity contribution >= 4 is 6.29 Å². The molecule has 0 unspecified atom stereocenters. The van der Waals surface area contributed by atoms with Crippen molar-refractivity contribution in [3.8, 4) is 5.75 Å². The van der Waals surface area contributed by atoms with Crippen LogP contribution in [-0.4, -0.2) is 13.4 Å². The van der Waals surface area contributed by atoms with E-state index in [0.29, 0.717) is 18.3 Å². The minimum atomic E-state index is 0.589. The average Bonchev–Trinajstić information content (AvgIpc) is 2.23. The smallest absolute Gasteiger partial charge is 0.122 e. The lowest BCUT2D eigenvalue weighted by Crippen LogP contribution is -2.22. The number of carbonyl (C=O) groups is 1. The molecule has 80 valence electrons. The summed E-state index contributed by atoms with van der Waals surface area (Å²) in [6.07, 6.45) is 3.99. The molecular formula is C13H16O2. The van der Waals surface area contributed by atoms with Crippen LogP contribution in [0.25, 0.3) is 0 Å². The Morgan fingerprint density at radius 3 is 2.80 bits per heavy atom. The molecule has 0 aromatic heterocycles. The first-order valence-corrected chi connectivity index (χ1v) is 5.41. The van der Waals surface area contributed by atoms with E-state index < -0.39 is 0 Å². The molecule has 2 nitrogen and oxygen atoms in total. The van der Waals surface area contributed by atoms with Gasteiger partial charge in [-0.3, -0.25) is 0 Å². The van der Waals surface area contributed by atoms with Crippen LogP contribution in [0.4, 0.5) is 0 Å². The van der Waals surface area contributed by atoms with E-state index >= 15 is 0 Å². The van der Waals surface area contributed by atoms with Crippen LogP contribution in [0.15, 0.2) is 24.3 Å². The standard InChI is InChI=1S/C13H16O2/c1-15-13-5-3-2-4-12(13)11-8-10(9-11)6-7-14/h2-5,7,10-11H,6,8-9H2,1H3. The molecule has 1 fully saturated rings. The summed E-state index contributed by atoms with van der Waals surface area (Å²) in [4.78, 5) is 10.3. The lowest BCUT2D eigenvalue weighted by molar-refractivity contribution is -0.109. The van der Waals surface area contributed by atoms with Crippen molar-refractivity contribution in [3.63, 3.8) is 0 Å². The fourth-order valence-corrected chi connectivity index (χ4v) is 2.32. The van der Waals surface area contributed by atoms with Gasteiger partial charge in [-0.25, -0.2) is 0 Å². The predicted octanol–water partition coefficient (Wildman–Crippen LogP) is 2.78. The molecule has 0 atom stereocenters. The van der Waals surface area contributed by atoms with Gasteiger partial charge in [0.05, 0.1) is 7.11 Å². The SMILES string of the molecule is COc1ccccc1C1CC(CC=O)C1. The Morgan fingerprint density at radius 1 is 1.40 bits per heavy atom. The first-order valence-electron chi connectivity index (χ1n) is 5.41. The Labute approximate surface area is 90.3 Å². The fraction of sp³-hybridized carbons (Fsp3) is 0.462. The van der Waals surface area contributed by atoms with Crippen LogP contribution in [0.2, 0.25) is 0 Å². The van der Waals surface area contributed by atoms with Crippen LogP contribution >= 0.6 is 0 Å². The summed E-state index contributed by atoms with van der Waals surface area (Å²) >= 11 is 0. The molecule has 1 aliphatic rings. The second kappa shape index (κ2) is 4.47. The third-order valence-corrected chi connectivity index (χ3v) is 3.24. The van der Waals surface area contributed by atoms with E-state index in [1.165, 1.54) is 5.56 Å². The van der Waals surface area contributed by atoms with E-state index in [0.717, 1.165) is 24.9 Å². The fourth-order valence-electron chi connectivity index (χ4n) is 2.32. The van der Waals surface area contributed by atoms with Gasteiger partial charge in [0.2, 0.25) is 0 Å². The molecule has 15 heavy (non-hydrogen) atoms. The highest BCUT2D eigenvalue weighted by Crippen LogP contribution is 2.45. The van der Waals surface area contributed by atoms with Gasteiger partial charge >= 0.3 is 0 Å². The van der Waals surface area contributed by atoms with Crippen molar-refractivity contribution in [2.24, 2.45) is 5.92 Å². The van der Waals surface area contributed by atoms with Gasteiger partial charge in [-0.15, -0.1) is 0 Å². The number of hydrogen-bond donors (Lipinski definition) is 0. The van der Waals surface area contributed by atoms with Crippen molar-refractivity contribution in [2.45, 2.75) is 25.2 Å². The summed E-state index contributed by atoms with van der Waals surface area (Å²) in [6, 6.07) is 8.16. The zero-order valence-electron chi connectivity index (χ0n) is 8.98. The molecule has 0 heterocycles. The summed E-state index contributed by atoms with van der Waals surface area (Å²) < 4.78 is 5.33. The van der Waals surface area contributed by atoms with Gasteiger partial charge in [-0.2, -0.15) is 0 Å². The maximum Gasteiger partial charge on any atom is 0.122 e. The lowest BCUT2D eigenvalue weighted by Gasteiger charge is -2.35. The minimum absolute atomic E-state index is 0.589. The summed E-state index contributed by atoms with van der Waals surface area (Å²) in [7, 11) is 1.71. The molecule has 0 amide bonds. The normalized spacial score (nSPS) is 24.3. The molecule has 2 rings (SSSR count). The Bertz CT molecular complexity index is 340. The number of carbonyl (C=O) groups excluding carboxylic acids is 1. The molecule has 0 bridgehead atoms. The first-order chi connectivity index (χ1) is 7.35. The van der Waals surface area contributed by atoms with Crippen molar-refractivity contribution < 1.29 is 9.53 Å². The van der Waals surface area contributed by atoms with Crippen LogP contribution in [0.5, 0.6) is 5.75 Å². The Hall–Kier alpha value is -1.31. The molecule has 0 radical (unpaired) electrons. The zero-order chi connectivity index (χ0) is 10.7. The summed E-state index contributed by atoms with van der Waals surface area (Å²) in [5.41, 5.74) is 1.29. The van der Waals surface area contributed by atoms with Gasteiger partial charge in [0, 0.05) is 6.42 Å². The number of para-hydroxylation sites is 1. The molecule has 2 heteroatoms.